The summed E-state index contributed by atoms with van der Waals surface area (Å²) in [6.07, 6.45) is 4.26. The second kappa shape index (κ2) is 7.91. The van der Waals surface area contributed by atoms with Crippen molar-refractivity contribution in [3.05, 3.63) is 47.2 Å². The van der Waals surface area contributed by atoms with Crippen LogP contribution in [0, 0.1) is 0 Å². The molecule has 1 saturated heterocycles. The van der Waals surface area contributed by atoms with Gasteiger partial charge in [-0.15, -0.1) is 0 Å². The van der Waals surface area contributed by atoms with Crippen LogP contribution in [0.25, 0.3) is 0 Å². The summed E-state index contributed by atoms with van der Waals surface area (Å²) in [5, 5.41) is 2.66. The number of hydrogen-bond donors (Lipinski definition) is 1. The second-order valence-corrected chi connectivity index (χ2v) is 7.43. The highest BCUT2D eigenvalue weighted by atomic mass is 16.5. The maximum atomic E-state index is 11.9. The zero-order chi connectivity index (χ0) is 20.4. The number of benzene rings is 1. The number of carbonyl (C=O) groups excluding carboxylic acids is 1. The van der Waals surface area contributed by atoms with Crippen molar-refractivity contribution < 1.29 is 19.0 Å². The normalized spacial score (nSPS) is 17.6. The Kier molecular flexibility index (Phi) is 5.32. The summed E-state index contributed by atoms with van der Waals surface area (Å²) in [6.45, 7) is 2.31. The lowest BCUT2D eigenvalue weighted by atomic mass is 9.79. The van der Waals surface area contributed by atoms with E-state index < -0.39 is 0 Å². The first-order valence-corrected chi connectivity index (χ1v) is 9.92. The molecule has 0 saturated carbocycles. The summed E-state index contributed by atoms with van der Waals surface area (Å²) < 4.78 is 17.4. The number of amides is 1. The van der Waals surface area contributed by atoms with Crippen molar-refractivity contribution in [1.29, 1.82) is 0 Å². The van der Waals surface area contributed by atoms with Gasteiger partial charge in [-0.25, -0.2) is 4.98 Å². The molecule has 2 aromatic rings. The average Bonchev–Trinajstić information content (AvgIpc) is 2.78. The molecule has 1 spiro atoms. The van der Waals surface area contributed by atoms with Gasteiger partial charge in [0, 0.05) is 31.9 Å². The van der Waals surface area contributed by atoms with Gasteiger partial charge in [0.1, 0.15) is 5.82 Å². The van der Waals surface area contributed by atoms with Crippen molar-refractivity contribution in [3.63, 3.8) is 0 Å². The Labute approximate surface area is 171 Å². The maximum Gasteiger partial charge on any atom is 0.251 e. The molecule has 29 heavy (non-hydrogen) atoms. The van der Waals surface area contributed by atoms with Crippen LogP contribution in [0.2, 0.25) is 0 Å². The van der Waals surface area contributed by atoms with Gasteiger partial charge in [0.15, 0.2) is 11.5 Å². The standard InChI is InChI=1S/C22H27N3O4/c1-23-21(26)16-4-8-24-20(13-16)25-9-6-22(7-10-25)17-14-19(28-3)18(27-2)12-15(17)5-11-29-22/h4,8,12-14H,5-7,9-11H2,1-3H3,(H,23,26). The molecule has 0 aliphatic carbocycles. The fraction of sp³-hybridized carbons (Fsp3) is 0.455. The summed E-state index contributed by atoms with van der Waals surface area (Å²) in [5.74, 6) is 2.21. The molecule has 0 unspecified atom stereocenters. The Morgan fingerprint density at radius 2 is 1.90 bits per heavy atom. The van der Waals surface area contributed by atoms with Crippen LogP contribution in [0.4, 0.5) is 5.82 Å². The molecule has 7 heteroatoms. The van der Waals surface area contributed by atoms with E-state index in [1.165, 1.54) is 11.1 Å². The second-order valence-electron chi connectivity index (χ2n) is 7.43. The van der Waals surface area contributed by atoms with Gasteiger partial charge in [0.05, 0.1) is 26.4 Å². The maximum absolute atomic E-state index is 11.9. The monoisotopic (exact) mass is 397 g/mol. The average molecular weight is 397 g/mol. The van der Waals surface area contributed by atoms with Crippen molar-refractivity contribution in [2.45, 2.75) is 24.9 Å². The number of piperidine rings is 1. The number of hydrogen-bond acceptors (Lipinski definition) is 6. The van der Waals surface area contributed by atoms with E-state index >= 15 is 0 Å². The van der Waals surface area contributed by atoms with E-state index in [4.69, 9.17) is 14.2 Å². The number of rotatable bonds is 4. The van der Waals surface area contributed by atoms with Gasteiger partial charge in [-0.3, -0.25) is 4.79 Å². The summed E-state index contributed by atoms with van der Waals surface area (Å²) in [7, 11) is 4.96. The van der Waals surface area contributed by atoms with Crippen molar-refractivity contribution in [2.24, 2.45) is 0 Å². The number of methoxy groups -OCH3 is 2. The highest BCUT2D eigenvalue weighted by Crippen LogP contribution is 2.45. The molecule has 1 fully saturated rings. The van der Waals surface area contributed by atoms with Crippen LogP contribution < -0.4 is 19.7 Å². The quantitative estimate of drug-likeness (QED) is 0.855. The Bertz CT molecular complexity index is 907. The molecular formula is C22H27N3O4. The van der Waals surface area contributed by atoms with Crippen LogP contribution in [0.5, 0.6) is 11.5 Å². The van der Waals surface area contributed by atoms with Gasteiger partial charge in [0.25, 0.3) is 5.91 Å². The van der Waals surface area contributed by atoms with Gasteiger partial charge in [0.2, 0.25) is 0 Å². The van der Waals surface area contributed by atoms with E-state index in [0.29, 0.717) is 12.2 Å². The first-order chi connectivity index (χ1) is 14.1. The van der Waals surface area contributed by atoms with Crippen LogP contribution in [-0.4, -0.2) is 51.9 Å². The number of nitrogens with zero attached hydrogens (tertiary/aromatic N) is 2. The summed E-state index contributed by atoms with van der Waals surface area (Å²) >= 11 is 0. The Hall–Kier alpha value is -2.80. The molecule has 4 rings (SSSR count). The number of pyridine rings is 1. The highest BCUT2D eigenvalue weighted by Gasteiger charge is 2.41. The molecule has 1 N–H and O–H groups in total. The van der Waals surface area contributed by atoms with Crippen LogP contribution >= 0.6 is 0 Å². The predicted molar refractivity (Wildman–Crippen MR) is 110 cm³/mol. The predicted octanol–water partition coefficient (Wildman–Crippen LogP) is 2.53. The van der Waals surface area contributed by atoms with E-state index in [1.54, 1.807) is 33.5 Å². The molecule has 154 valence electrons. The largest absolute Gasteiger partial charge is 0.493 e. The van der Waals surface area contributed by atoms with Crippen LogP contribution in [0.1, 0.15) is 34.3 Å². The first-order valence-electron chi connectivity index (χ1n) is 9.92. The third-order valence-electron chi connectivity index (χ3n) is 5.98. The smallest absolute Gasteiger partial charge is 0.251 e. The van der Waals surface area contributed by atoms with Crippen molar-refractivity contribution in [3.8, 4) is 11.5 Å². The molecule has 2 aliphatic rings. The lowest BCUT2D eigenvalue weighted by Gasteiger charge is -2.45. The van der Waals surface area contributed by atoms with E-state index in [1.807, 2.05) is 6.07 Å². The SMILES string of the molecule is CNC(=O)c1ccnc(N2CCC3(CC2)OCCc2cc(OC)c(OC)cc23)c1. The number of aromatic nitrogens is 1. The van der Waals surface area contributed by atoms with Crippen molar-refractivity contribution in [2.75, 3.05) is 45.9 Å². The summed E-state index contributed by atoms with van der Waals surface area (Å²) in [6, 6.07) is 7.74. The Balaban J connectivity index is 1.58. The third kappa shape index (κ3) is 3.51. The molecule has 7 nitrogen and oxygen atoms in total. The van der Waals surface area contributed by atoms with Gasteiger partial charge in [-0.2, -0.15) is 0 Å². The molecule has 3 heterocycles. The Morgan fingerprint density at radius 3 is 2.59 bits per heavy atom. The highest BCUT2D eigenvalue weighted by molar-refractivity contribution is 5.94. The molecule has 1 aromatic carbocycles. The van der Waals surface area contributed by atoms with Crippen LogP contribution in [0.15, 0.2) is 30.5 Å². The minimum atomic E-state index is -0.317. The molecular weight excluding hydrogens is 370 g/mol. The van der Waals surface area contributed by atoms with Crippen LogP contribution in [0.3, 0.4) is 0 Å². The molecule has 2 aliphatic heterocycles. The van der Waals surface area contributed by atoms with E-state index in [0.717, 1.165) is 49.7 Å². The number of nitrogens with one attached hydrogen (secondary N) is 1. The van der Waals surface area contributed by atoms with Gasteiger partial charge >= 0.3 is 0 Å². The van der Waals surface area contributed by atoms with Crippen molar-refractivity contribution >= 4 is 11.7 Å². The molecule has 1 amide bonds. The minimum absolute atomic E-state index is 0.104. The number of ether oxygens (including phenoxy) is 3. The number of anilines is 1. The Morgan fingerprint density at radius 1 is 1.17 bits per heavy atom. The fourth-order valence-corrected chi connectivity index (χ4v) is 4.37. The fourth-order valence-electron chi connectivity index (χ4n) is 4.37. The molecule has 0 atom stereocenters. The van der Waals surface area contributed by atoms with E-state index in [-0.39, 0.29) is 11.5 Å². The zero-order valence-corrected chi connectivity index (χ0v) is 17.2. The minimum Gasteiger partial charge on any atom is -0.493 e. The third-order valence-corrected chi connectivity index (χ3v) is 5.98. The van der Waals surface area contributed by atoms with E-state index in [9.17, 15) is 4.79 Å². The van der Waals surface area contributed by atoms with Crippen molar-refractivity contribution in [1.82, 2.24) is 10.3 Å². The van der Waals surface area contributed by atoms with Gasteiger partial charge in [-0.05, 0) is 54.7 Å². The van der Waals surface area contributed by atoms with Gasteiger partial charge in [-0.1, -0.05) is 0 Å². The molecule has 0 bridgehead atoms. The van der Waals surface area contributed by atoms with Crippen LogP contribution in [-0.2, 0) is 16.8 Å². The zero-order valence-electron chi connectivity index (χ0n) is 17.2. The first kappa shape index (κ1) is 19.5. The number of carbonyl (C=O) groups is 1. The molecule has 1 aromatic heterocycles. The van der Waals surface area contributed by atoms with Gasteiger partial charge < -0.3 is 24.4 Å². The van der Waals surface area contributed by atoms with E-state index in [2.05, 4.69) is 27.3 Å². The topological polar surface area (TPSA) is 72.9 Å². The lowest BCUT2D eigenvalue weighted by molar-refractivity contribution is -0.0768. The summed E-state index contributed by atoms with van der Waals surface area (Å²) in [5.41, 5.74) is 2.77. The molecule has 0 radical (unpaired) electrons. The number of fused-ring (bicyclic) bond motifs is 2. The lowest BCUT2D eigenvalue weighted by Crippen LogP contribution is -2.47. The summed E-state index contributed by atoms with van der Waals surface area (Å²) in [4.78, 5) is 18.6.